The van der Waals surface area contributed by atoms with Crippen LogP contribution in [0.15, 0.2) is 36.4 Å². The number of rotatable bonds is 3. The van der Waals surface area contributed by atoms with E-state index in [0.717, 1.165) is 29.9 Å². The molecule has 25 heavy (non-hydrogen) atoms. The van der Waals surface area contributed by atoms with Crippen molar-refractivity contribution in [2.75, 3.05) is 13.1 Å². The number of hydrogen-bond acceptors (Lipinski definition) is 2. The van der Waals surface area contributed by atoms with Crippen LogP contribution in [0.5, 0.6) is 0 Å². The van der Waals surface area contributed by atoms with Gasteiger partial charge in [-0.3, -0.25) is 4.79 Å². The number of hydrogen-bond donors (Lipinski definition) is 2. The number of aromatic nitrogens is 1. The molecule has 3 N–H and O–H groups in total. The van der Waals surface area contributed by atoms with Crippen LogP contribution in [0.1, 0.15) is 34.6 Å². The highest BCUT2D eigenvalue weighted by Gasteiger charge is 2.24. The fraction of sp³-hybridized carbons (Fsp3) is 0.368. The van der Waals surface area contributed by atoms with Gasteiger partial charge >= 0.3 is 6.03 Å². The van der Waals surface area contributed by atoms with Crippen molar-refractivity contribution in [2.45, 2.75) is 32.7 Å². The number of aryl methyl sites for hydroxylation is 1. The van der Waals surface area contributed by atoms with Crippen molar-refractivity contribution in [3.63, 3.8) is 0 Å². The van der Waals surface area contributed by atoms with Gasteiger partial charge in [-0.15, -0.1) is 0 Å². The molecule has 1 aliphatic heterocycles. The summed E-state index contributed by atoms with van der Waals surface area (Å²) >= 11 is 0. The second-order valence-electron chi connectivity index (χ2n) is 6.53. The number of piperidine rings is 1. The average molecular weight is 340 g/mol. The van der Waals surface area contributed by atoms with Gasteiger partial charge in [-0.2, -0.15) is 0 Å². The van der Waals surface area contributed by atoms with Gasteiger partial charge in [-0.05, 0) is 44.9 Å². The van der Waals surface area contributed by atoms with E-state index >= 15 is 0 Å². The molecule has 1 aromatic heterocycles. The molecule has 0 spiro atoms. The minimum Gasteiger partial charge on any atom is -0.351 e. The monoisotopic (exact) mass is 340 g/mol. The first-order valence-corrected chi connectivity index (χ1v) is 8.57. The molecule has 0 bridgehead atoms. The average Bonchev–Trinajstić information content (AvgIpc) is 2.90. The number of primary amides is 1. The molecule has 1 fully saturated rings. The van der Waals surface area contributed by atoms with Crippen molar-refractivity contribution in [1.82, 2.24) is 14.8 Å². The Hall–Kier alpha value is -2.76. The number of amides is 3. The van der Waals surface area contributed by atoms with Crippen LogP contribution >= 0.6 is 0 Å². The Labute approximate surface area is 147 Å². The molecule has 3 rings (SSSR count). The Kier molecular flexibility index (Phi) is 4.79. The van der Waals surface area contributed by atoms with Crippen LogP contribution in [0.25, 0.3) is 5.69 Å². The maximum Gasteiger partial charge on any atom is 0.314 e. The summed E-state index contributed by atoms with van der Waals surface area (Å²) in [5.41, 5.74) is 8.99. The van der Waals surface area contributed by atoms with Gasteiger partial charge in [0.05, 0.1) is 5.56 Å². The topological polar surface area (TPSA) is 80.4 Å². The molecule has 2 heterocycles. The van der Waals surface area contributed by atoms with E-state index < -0.39 is 6.03 Å². The molecule has 3 amide bonds. The third-order valence-electron chi connectivity index (χ3n) is 4.83. The van der Waals surface area contributed by atoms with E-state index in [1.807, 2.05) is 50.2 Å². The summed E-state index contributed by atoms with van der Waals surface area (Å²) in [7, 11) is 0. The quantitative estimate of drug-likeness (QED) is 0.899. The molecule has 1 aromatic carbocycles. The number of likely N-dealkylation sites (tertiary alicyclic amines) is 1. The largest absolute Gasteiger partial charge is 0.351 e. The summed E-state index contributed by atoms with van der Waals surface area (Å²) < 4.78 is 2.09. The summed E-state index contributed by atoms with van der Waals surface area (Å²) in [5.74, 6) is -0.0622. The maximum atomic E-state index is 12.7. The fourth-order valence-electron chi connectivity index (χ4n) is 3.47. The Morgan fingerprint density at radius 3 is 2.36 bits per heavy atom. The van der Waals surface area contributed by atoms with Crippen molar-refractivity contribution in [3.05, 3.63) is 53.3 Å². The lowest BCUT2D eigenvalue weighted by Crippen LogP contribution is -2.48. The molecule has 1 aliphatic rings. The van der Waals surface area contributed by atoms with Crippen molar-refractivity contribution in [2.24, 2.45) is 5.73 Å². The third-order valence-corrected chi connectivity index (χ3v) is 4.83. The van der Waals surface area contributed by atoms with E-state index in [-0.39, 0.29) is 11.9 Å². The lowest BCUT2D eigenvalue weighted by atomic mass is 10.0. The van der Waals surface area contributed by atoms with Gasteiger partial charge in [-0.25, -0.2) is 4.79 Å². The number of urea groups is 1. The van der Waals surface area contributed by atoms with Crippen molar-refractivity contribution >= 4 is 11.9 Å². The zero-order valence-electron chi connectivity index (χ0n) is 14.7. The van der Waals surface area contributed by atoms with E-state index in [1.54, 1.807) is 4.90 Å². The Morgan fingerprint density at radius 2 is 1.76 bits per heavy atom. The highest BCUT2D eigenvalue weighted by Crippen LogP contribution is 2.21. The molecule has 1 saturated heterocycles. The second kappa shape index (κ2) is 7.01. The maximum absolute atomic E-state index is 12.7. The predicted octanol–water partition coefficient (Wildman–Crippen LogP) is 2.37. The van der Waals surface area contributed by atoms with Crippen LogP contribution in [0.2, 0.25) is 0 Å². The van der Waals surface area contributed by atoms with Crippen molar-refractivity contribution in [1.29, 1.82) is 0 Å². The van der Waals surface area contributed by atoms with E-state index in [2.05, 4.69) is 9.88 Å². The first-order valence-electron chi connectivity index (χ1n) is 8.57. The van der Waals surface area contributed by atoms with Crippen LogP contribution in [0, 0.1) is 13.8 Å². The molecule has 6 nitrogen and oxygen atoms in total. The molecule has 0 radical (unpaired) electrons. The van der Waals surface area contributed by atoms with Gasteiger partial charge in [0.25, 0.3) is 5.91 Å². The Morgan fingerprint density at radius 1 is 1.12 bits per heavy atom. The zero-order valence-corrected chi connectivity index (χ0v) is 14.7. The molecule has 0 unspecified atom stereocenters. The number of nitrogens with one attached hydrogen (secondary N) is 1. The Bertz CT molecular complexity index is 774. The third kappa shape index (κ3) is 3.52. The molecule has 132 valence electrons. The minimum atomic E-state index is -0.392. The van der Waals surface area contributed by atoms with Gasteiger partial charge in [0.1, 0.15) is 0 Å². The summed E-state index contributed by atoms with van der Waals surface area (Å²) in [4.78, 5) is 25.5. The summed E-state index contributed by atoms with van der Waals surface area (Å²) in [6.07, 6.45) is 1.46. The molecule has 2 aromatic rings. The van der Waals surface area contributed by atoms with E-state index in [1.165, 1.54) is 0 Å². The highest BCUT2D eigenvalue weighted by molar-refractivity contribution is 5.96. The lowest BCUT2D eigenvalue weighted by molar-refractivity contribution is 0.0918. The van der Waals surface area contributed by atoms with Gasteiger partial charge in [0.2, 0.25) is 0 Å². The van der Waals surface area contributed by atoms with Crippen LogP contribution < -0.4 is 11.1 Å². The van der Waals surface area contributed by atoms with E-state index in [9.17, 15) is 9.59 Å². The van der Waals surface area contributed by atoms with Gasteiger partial charge in [-0.1, -0.05) is 18.2 Å². The number of para-hydroxylation sites is 1. The van der Waals surface area contributed by atoms with E-state index in [4.69, 9.17) is 5.73 Å². The minimum absolute atomic E-state index is 0.0622. The molecule has 0 saturated carbocycles. The number of carbonyl (C=O) groups excluding carboxylic acids is 2. The lowest BCUT2D eigenvalue weighted by Gasteiger charge is -2.31. The van der Waals surface area contributed by atoms with Crippen LogP contribution in [0.4, 0.5) is 4.79 Å². The Balaban J connectivity index is 1.73. The van der Waals surface area contributed by atoms with Crippen LogP contribution in [0.3, 0.4) is 0 Å². The van der Waals surface area contributed by atoms with Crippen molar-refractivity contribution < 1.29 is 9.59 Å². The second-order valence-corrected chi connectivity index (χ2v) is 6.53. The van der Waals surface area contributed by atoms with Crippen LogP contribution in [-0.2, 0) is 0 Å². The highest BCUT2D eigenvalue weighted by atomic mass is 16.2. The predicted molar refractivity (Wildman–Crippen MR) is 96.9 cm³/mol. The molecule has 6 heteroatoms. The molecule has 0 atom stereocenters. The molecule has 0 aliphatic carbocycles. The van der Waals surface area contributed by atoms with Gasteiger partial charge < -0.3 is 20.5 Å². The first kappa shape index (κ1) is 17.1. The summed E-state index contributed by atoms with van der Waals surface area (Å²) in [5, 5.41) is 3.10. The number of nitrogens with zero attached hydrogens (tertiary/aromatic N) is 2. The fourth-order valence-corrected chi connectivity index (χ4v) is 3.47. The molecular weight excluding hydrogens is 316 g/mol. The van der Waals surface area contributed by atoms with Crippen molar-refractivity contribution in [3.8, 4) is 5.69 Å². The van der Waals surface area contributed by atoms with Crippen LogP contribution in [-0.4, -0.2) is 40.5 Å². The molecular formula is C19H24N4O2. The SMILES string of the molecule is Cc1cc(C(=O)NC2CCN(C(N)=O)CC2)c(C)n1-c1ccccc1. The van der Waals surface area contributed by atoms with Gasteiger partial charge in [0.15, 0.2) is 0 Å². The smallest absolute Gasteiger partial charge is 0.314 e. The number of nitrogens with two attached hydrogens (primary N) is 1. The van der Waals surface area contributed by atoms with E-state index in [0.29, 0.717) is 18.7 Å². The number of carbonyl (C=O) groups is 2. The number of benzene rings is 1. The zero-order chi connectivity index (χ0) is 18.0. The van der Waals surface area contributed by atoms with Gasteiger partial charge in [0, 0.05) is 36.2 Å². The normalized spacial score (nSPS) is 15.2. The standard InChI is InChI=1S/C19H24N4O2/c1-13-12-17(14(2)23(13)16-6-4-3-5-7-16)18(24)21-15-8-10-22(11-9-15)19(20)25/h3-7,12,15H,8-11H2,1-2H3,(H2,20,25)(H,21,24). The first-order chi connectivity index (χ1) is 12.0. The summed E-state index contributed by atoms with van der Waals surface area (Å²) in [6, 6.07) is 11.6. The summed E-state index contributed by atoms with van der Waals surface area (Å²) in [6.45, 7) is 5.14.